The van der Waals surface area contributed by atoms with Crippen molar-refractivity contribution in [3.8, 4) is 0 Å². The fourth-order valence-electron chi connectivity index (χ4n) is 2.83. The van der Waals surface area contributed by atoms with Gasteiger partial charge in [0.2, 0.25) is 0 Å². The van der Waals surface area contributed by atoms with E-state index < -0.39 is 0 Å². The molecule has 6 heteroatoms. The van der Waals surface area contributed by atoms with Crippen LogP contribution in [0.1, 0.15) is 41.0 Å². The molecule has 1 amide bonds. The van der Waals surface area contributed by atoms with E-state index in [0.717, 1.165) is 30.7 Å². The molecular weight excluding hydrogens is 268 g/mol. The molecule has 0 saturated heterocycles. The quantitative estimate of drug-likeness (QED) is 0.921. The number of hydrogen-bond donors (Lipinski definition) is 1. The molecule has 1 N–H and O–H groups in total. The van der Waals surface area contributed by atoms with Crippen LogP contribution < -0.4 is 0 Å². The van der Waals surface area contributed by atoms with Crippen molar-refractivity contribution in [2.45, 2.75) is 39.2 Å². The van der Waals surface area contributed by atoms with Gasteiger partial charge in [-0.15, -0.1) is 0 Å². The van der Waals surface area contributed by atoms with Crippen LogP contribution in [-0.2, 0) is 0 Å². The zero-order chi connectivity index (χ0) is 15.0. The third-order valence-electron chi connectivity index (χ3n) is 4.13. The molecule has 2 aromatic heterocycles. The first-order valence-electron chi connectivity index (χ1n) is 7.35. The van der Waals surface area contributed by atoms with Gasteiger partial charge < -0.3 is 10.0 Å². The molecule has 6 nitrogen and oxygen atoms in total. The summed E-state index contributed by atoms with van der Waals surface area (Å²) in [5, 5.41) is 13.5. The van der Waals surface area contributed by atoms with Crippen LogP contribution in [-0.4, -0.2) is 49.7 Å². The summed E-state index contributed by atoms with van der Waals surface area (Å²) in [5.74, 6) is -0.0822. The Morgan fingerprint density at radius 3 is 2.86 bits per heavy atom. The summed E-state index contributed by atoms with van der Waals surface area (Å²) in [7, 11) is 0. The van der Waals surface area contributed by atoms with Gasteiger partial charge in [0.25, 0.3) is 5.91 Å². The minimum Gasteiger partial charge on any atom is -0.395 e. The maximum absolute atomic E-state index is 12.8. The Morgan fingerprint density at radius 2 is 2.24 bits per heavy atom. The first-order chi connectivity index (χ1) is 10.1. The molecule has 2 heterocycles. The third-order valence-corrected chi connectivity index (χ3v) is 4.13. The van der Waals surface area contributed by atoms with Gasteiger partial charge in [-0.05, 0) is 39.2 Å². The van der Waals surface area contributed by atoms with Gasteiger partial charge in [-0.25, -0.2) is 9.50 Å². The van der Waals surface area contributed by atoms with E-state index in [4.69, 9.17) is 0 Å². The average Bonchev–Trinajstić information content (AvgIpc) is 2.79. The number of aliphatic hydroxyl groups excluding tert-OH is 1. The molecule has 21 heavy (non-hydrogen) atoms. The van der Waals surface area contributed by atoms with Crippen LogP contribution in [0.2, 0.25) is 0 Å². The molecule has 1 fully saturated rings. The Labute approximate surface area is 123 Å². The maximum atomic E-state index is 12.8. The smallest absolute Gasteiger partial charge is 0.259 e. The summed E-state index contributed by atoms with van der Waals surface area (Å²) in [5.41, 5.74) is 2.93. The molecule has 0 spiro atoms. The van der Waals surface area contributed by atoms with E-state index in [9.17, 15) is 9.90 Å². The third kappa shape index (κ3) is 2.40. The van der Waals surface area contributed by atoms with E-state index in [0.29, 0.717) is 17.8 Å². The van der Waals surface area contributed by atoms with Crippen LogP contribution in [0.5, 0.6) is 0 Å². The van der Waals surface area contributed by atoms with Crippen LogP contribution in [0.4, 0.5) is 0 Å². The summed E-state index contributed by atoms with van der Waals surface area (Å²) >= 11 is 0. The number of carbonyl (C=O) groups is 1. The molecule has 112 valence electrons. The second-order valence-electron chi connectivity index (χ2n) is 5.64. The van der Waals surface area contributed by atoms with E-state index in [1.165, 1.54) is 0 Å². The molecule has 0 bridgehead atoms. The largest absolute Gasteiger partial charge is 0.395 e. The molecule has 3 rings (SSSR count). The van der Waals surface area contributed by atoms with Gasteiger partial charge in [0.05, 0.1) is 12.8 Å². The Hall–Kier alpha value is -1.95. The Morgan fingerprint density at radius 1 is 1.48 bits per heavy atom. The first-order valence-corrected chi connectivity index (χ1v) is 7.35. The summed E-state index contributed by atoms with van der Waals surface area (Å²) in [6.45, 7) is 4.20. The monoisotopic (exact) mass is 288 g/mol. The van der Waals surface area contributed by atoms with Gasteiger partial charge in [-0.3, -0.25) is 4.79 Å². The van der Waals surface area contributed by atoms with Crippen molar-refractivity contribution in [3.05, 3.63) is 29.2 Å². The molecule has 0 unspecified atom stereocenters. The maximum Gasteiger partial charge on any atom is 0.259 e. The highest BCUT2D eigenvalue weighted by molar-refractivity contribution is 5.99. The topological polar surface area (TPSA) is 70.7 Å². The van der Waals surface area contributed by atoms with Crippen molar-refractivity contribution >= 4 is 11.6 Å². The van der Waals surface area contributed by atoms with Gasteiger partial charge in [-0.1, -0.05) is 0 Å². The second-order valence-corrected chi connectivity index (χ2v) is 5.64. The van der Waals surface area contributed by atoms with Gasteiger partial charge in [0.15, 0.2) is 5.65 Å². The van der Waals surface area contributed by atoms with Gasteiger partial charge in [0.1, 0.15) is 5.56 Å². The average molecular weight is 288 g/mol. The van der Waals surface area contributed by atoms with Gasteiger partial charge in [0, 0.05) is 24.0 Å². The highest BCUT2D eigenvalue weighted by Crippen LogP contribution is 2.26. The van der Waals surface area contributed by atoms with Crippen molar-refractivity contribution in [1.82, 2.24) is 19.5 Å². The lowest BCUT2D eigenvalue weighted by Gasteiger charge is -2.37. The number of nitrogens with zero attached hydrogens (tertiary/aromatic N) is 4. The van der Waals surface area contributed by atoms with Crippen molar-refractivity contribution in [2.75, 3.05) is 13.2 Å². The number of fused-ring (bicyclic) bond motifs is 1. The number of hydrogen-bond acceptors (Lipinski definition) is 4. The molecule has 1 aliphatic carbocycles. The molecule has 0 radical (unpaired) electrons. The number of aromatic nitrogens is 3. The predicted octanol–water partition coefficient (Wildman–Crippen LogP) is 1.33. The van der Waals surface area contributed by atoms with Crippen LogP contribution in [0.25, 0.3) is 5.65 Å². The van der Waals surface area contributed by atoms with Crippen LogP contribution >= 0.6 is 0 Å². The first kappa shape index (κ1) is 14.0. The fourth-order valence-corrected chi connectivity index (χ4v) is 2.83. The van der Waals surface area contributed by atoms with E-state index in [1.807, 2.05) is 19.9 Å². The van der Waals surface area contributed by atoms with Crippen molar-refractivity contribution < 1.29 is 9.90 Å². The number of carbonyl (C=O) groups excluding carboxylic acids is 1. The Kier molecular flexibility index (Phi) is 3.63. The summed E-state index contributed by atoms with van der Waals surface area (Å²) in [4.78, 5) is 19.0. The molecule has 1 aliphatic rings. The lowest BCUT2D eigenvalue weighted by molar-refractivity contribution is 0.0527. The summed E-state index contributed by atoms with van der Waals surface area (Å²) < 4.78 is 1.69. The zero-order valence-corrected chi connectivity index (χ0v) is 12.4. The second kappa shape index (κ2) is 5.44. The summed E-state index contributed by atoms with van der Waals surface area (Å²) in [6.07, 6.45) is 4.75. The van der Waals surface area contributed by atoms with Gasteiger partial charge >= 0.3 is 0 Å². The number of amides is 1. The van der Waals surface area contributed by atoms with Crippen LogP contribution in [0.3, 0.4) is 0 Å². The molecule has 2 aromatic rings. The minimum absolute atomic E-state index is 0.0209. The molecule has 0 aliphatic heterocycles. The summed E-state index contributed by atoms with van der Waals surface area (Å²) in [6, 6.07) is 2.18. The normalized spacial score (nSPS) is 15.2. The standard InChI is InChI=1S/C15H20N4O2/c1-10-8-11(2)19-14(17-10)13(9-16-19)15(21)18(6-7-20)12-4-3-5-12/h8-9,12,20H,3-7H2,1-2H3. The van der Waals surface area contributed by atoms with Crippen LogP contribution in [0, 0.1) is 13.8 Å². The Bertz CT molecular complexity index is 676. The van der Waals surface area contributed by atoms with Crippen molar-refractivity contribution in [3.63, 3.8) is 0 Å². The SMILES string of the molecule is Cc1cc(C)n2ncc(C(=O)N(CCO)C3CCC3)c2n1. The van der Waals surface area contributed by atoms with Crippen molar-refractivity contribution in [2.24, 2.45) is 0 Å². The fraction of sp³-hybridized carbons (Fsp3) is 0.533. The van der Waals surface area contributed by atoms with E-state index in [1.54, 1.807) is 15.6 Å². The van der Waals surface area contributed by atoms with E-state index in [2.05, 4.69) is 10.1 Å². The lowest BCUT2D eigenvalue weighted by Crippen LogP contribution is -2.45. The van der Waals surface area contributed by atoms with Crippen LogP contribution in [0.15, 0.2) is 12.3 Å². The predicted molar refractivity (Wildman–Crippen MR) is 78.2 cm³/mol. The molecule has 0 atom stereocenters. The number of aryl methyl sites for hydroxylation is 2. The zero-order valence-electron chi connectivity index (χ0n) is 12.4. The van der Waals surface area contributed by atoms with E-state index in [-0.39, 0.29) is 18.6 Å². The van der Waals surface area contributed by atoms with Crippen molar-refractivity contribution in [1.29, 1.82) is 0 Å². The highest BCUT2D eigenvalue weighted by Gasteiger charge is 2.30. The highest BCUT2D eigenvalue weighted by atomic mass is 16.3. The minimum atomic E-state index is -0.0822. The molecule has 0 aromatic carbocycles. The number of rotatable bonds is 4. The Balaban J connectivity index is 2.00. The van der Waals surface area contributed by atoms with E-state index >= 15 is 0 Å². The lowest BCUT2D eigenvalue weighted by atomic mass is 9.91. The van der Waals surface area contributed by atoms with Gasteiger partial charge in [-0.2, -0.15) is 5.10 Å². The number of aliphatic hydroxyl groups is 1. The molecule has 1 saturated carbocycles. The molecular formula is C15H20N4O2.